The first-order valence-electron chi connectivity index (χ1n) is 5.42. The minimum Gasteiger partial charge on any atom is -0.382 e. The van der Waals surface area contributed by atoms with Gasteiger partial charge in [0.05, 0.1) is 31.8 Å². The van der Waals surface area contributed by atoms with Crippen molar-refractivity contribution >= 4 is 0 Å². The normalized spacial score (nSPS) is 12.9. The van der Waals surface area contributed by atoms with Crippen molar-refractivity contribution in [2.75, 3.05) is 27.1 Å². The van der Waals surface area contributed by atoms with E-state index >= 15 is 0 Å². The Morgan fingerprint density at radius 3 is 2.45 bits per heavy atom. The number of hydrogen-bond donors (Lipinski definition) is 1. The van der Waals surface area contributed by atoms with Crippen molar-refractivity contribution in [1.29, 1.82) is 0 Å². The molecule has 0 aliphatic rings. The van der Waals surface area contributed by atoms with Crippen LogP contribution in [0.25, 0.3) is 0 Å². The second-order valence-electron chi connectivity index (χ2n) is 3.67. The fraction of sp³-hybridized carbons (Fsp3) is 0.700. The Hall–Kier alpha value is -1.26. The van der Waals surface area contributed by atoms with Gasteiger partial charge in [0.15, 0.2) is 0 Å². The number of alkyl halides is 5. The van der Waals surface area contributed by atoms with Gasteiger partial charge in [0.1, 0.15) is 12.5 Å². The van der Waals surface area contributed by atoms with Gasteiger partial charge in [-0.3, -0.25) is 0 Å². The quantitative estimate of drug-likeness (QED) is 0.454. The predicted octanol–water partition coefficient (Wildman–Crippen LogP) is 2.20. The number of aromatic amines is 1. The molecule has 1 heterocycles. The number of hydrogen-bond acceptors (Lipinski definition) is 4. The topological polar surface area (TPSA) is 56.4 Å². The summed E-state index contributed by atoms with van der Waals surface area (Å²) in [5.74, 6) is -5.04. The summed E-state index contributed by atoms with van der Waals surface area (Å²) in [6.45, 7) is -0.247. The van der Waals surface area contributed by atoms with Crippen LogP contribution in [0.2, 0.25) is 0 Å². The van der Waals surface area contributed by atoms with Crippen LogP contribution in [-0.2, 0) is 26.7 Å². The van der Waals surface area contributed by atoms with Gasteiger partial charge in [0.25, 0.3) is 0 Å². The van der Waals surface area contributed by atoms with Gasteiger partial charge in [-0.25, -0.2) is 4.98 Å². The van der Waals surface area contributed by atoms with Crippen LogP contribution in [0.3, 0.4) is 0 Å². The van der Waals surface area contributed by atoms with Crippen LogP contribution in [0.5, 0.6) is 0 Å². The first kappa shape index (κ1) is 16.8. The zero-order valence-corrected chi connectivity index (χ0v) is 10.5. The summed E-state index contributed by atoms with van der Waals surface area (Å²) in [7, 11) is 1.46. The van der Waals surface area contributed by atoms with E-state index in [9.17, 15) is 22.0 Å². The highest BCUT2D eigenvalue weighted by Gasteiger charge is 2.61. The third-order valence-corrected chi connectivity index (χ3v) is 2.22. The molecule has 0 aliphatic heterocycles. The molecule has 20 heavy (non-hydrogen) atoms. The molecule has 10 heteroatoms. The number of halogens is 5. The Morgan fingerprint density at radius 1 is 1.15 bits per heavy atom. The first-order valence-corrected chi connectivity index (χ1v) is 5.42. The molecule has 5 nitrogen and oxygen atoms in total. The minimum atomic E-state index is -5.72. The highest BCUT2D eigenvalue weighted by Crippen LogP contribution is 2.43. The maximum Gasteiger partial charge on any atom is 0.459 e. The molecule has 0 amide bonds. The summed E-state index contributed by atoms with van der Waals surface area (Å²) in [5.41, 5.74) is -1.86. The number of imidazole rings is 1. The van der Waals surface area contributed by atoms with Gasteiger partial charge in [-0.05, 0) is 0 Å². The molecule has 1 rings (SSSR count). The van der Waals surface area contributed by atoms with Gasteiger partial charge in [-0.2, -0.15) is 22.0 Å². The van der Waals surface area contributed by atoms with Crippen molar-refractivity contribution in [1.82, 2.24) is 9.97 Å². The number of H-pyrrole nitrogens is 1. The molecular weight excluding hydrogens is 291 g/mol. The van der Waals surface area contributed by atoms with Crippen molar-refractivity contribution in [2.24, 2.45) is 0 Å². The van der Waals surface area contributed by atoms with Crippen molar-refractivity contribution in [3.05, 3.63) is 17.7 Å². The van der Waals surface area contributed by atoms with Gasteiger partial charge in [-0.1, -0.05) is 0 Å². The van der Waals surface area contributed by atoms with Crippen molar-refractivity contribution in [3.63, 3.8) is 0 Å². The molecule has 0 saturated heterocycles. The van der Waals surface area contributed by atoms with E-state index in [1.165, 1.54) is 7.11 Å². The van der Waals surface area contributed by atoms with E-state index in [1.807, 2.05) is 0 Å². The summed E-state index contributed by atoms with van der Waals surface area (Å²) in [4.78, 5) is 5.21. The maximum atomic E-state index is 13.1. The van der Waals surface area contributed by atoms with Crippen LogP contribution >= 0.6 is 0 Å². The van der Waals surface area contributed by atoms with E-state index in [4.69, 9.17) is 9.47 Å². The SMILES string of the molecule is COCCOCOCc1[nH]cnc1C(F)(F)C(F)(F)F. The van der Waals surface area contributed by atoms with Crippen molar-refractivity contribution < 1.29 is 36.2 Å². The number of nitrogens with zero attached hydrogens (tertiary/aromatic N) is 1. The Morgan fingerprint density at radius 2 is 1.85 bits per heavy atom. The molecule has 0 spiro atoms. The number of ether oxygens (including phenoxy) is 3. The Bertz CT molecular complexity index is 408. The third kappa shape index (κ3) is 4.12. The highest BCUT2D eigenvalue weighted by molar-refractivity contribution is 5.18. The van der Waals surface area contributed by atoms with Crippen LogP contribution in [0.15, 0.2) is 6.33 Å². The summed E-state index contributed by atoms with van der Waals surface area (Å²) in [6, 6.07) is 0. The number of nitrogens with one attached hydrogen (secondary N) is 1. The molecule has 0 saturated carbocycles. The van der Waals surface area contributed by atoms with Gasteiger partial charge < -0.3 is 19.2 Å². The largest absolute Gasteiger partial charge is 0.459 e. The first-order chi connectivity index (χ1) is 9.30. The molecule has 116 valence electrons. The van der Waals surface area contributed by atoms with E-state index < -0.39 is 30.1 Å². The van der Waals surface area contributed by atoms with Gasteiger partial charge >= 0.3 is 12.1 Å². The fourth-order valence-electron chi connectivity index (χ4n) is 1.24. The highest BCUT2D eigenvalue weighted by atomic mass is 19.4. The van der Waals surface area contributed by atoms with Crippen LogP contribution < -0.4 is 0 Å². The Labute approximate surface area is 111 Å². The summed E-state index contributed by atoms with van der Waals surface area (Å²) >= 11 is 0. The lowest BCUT2D eigenvalue weighted by Gasteiger charge is -2.18. The van der Waals surface area contributed by atoms with E-state index in [2.05, 4.69) is 14.7 Å². The predicted molar refractivity (Wildman–Crippen MR) is 56.0 cm³/mol. The number of methoxy groups -OCH3 is 1. The van der Waals surface area contributed by atoms with E-state index in [1.54, 1.807) is 0 Å². The molecule has 1 aromatic heterocycles. The molecule has 0 unspecified atom stereocenters. The number of aromatic nitrogens is 2. The molecule has 0 atom stereocenters. The summed E-state index contributed by atoms with van der Waals surface area (Å²) < 4.78 is 77.3. The lowest BCUT2D eigenvalue weighted by molar-refractivity contribution is -0.291. The van der Waals surface area contributed by atoms with Crippen LogP contribution in [0, 0.1) is 0 Å². The average Bonchev–Trinajstić information content (AvgIpc) is 2.81. The maximum absolute atomic E-state index is 13.1. The van der Waals surface area contributed by atoms with Crippen molar-refractivity contribution in [3.8, 4) is 0 Å². The van der Waals surface area contributed by atoms with E-state index in [0.29, 0.717) is 6.61 Å². The molecule has 1 N–H and O–H groups in total. The average molecular weight is 304 g/mol. The molecule has 0 bridgehead atoms. The summed E-state index contributed by atoms with van der Waals surface area (Å²) in [6.07, 6.45) is -4.97. The summed E-state index contributed by atoms with van der Waals surface area (Å²) in [5, 5.41) is 0. The van der Waals surface area contributed by atoms with E-state index in [-0.39, 0.29) is 13.4 Å². The lowest BCUT2D eigenvalue weighted by atomic mass is 10.2. The van der Waals surface area contributed by atoms with Gasteiger partial charge in [-0.15, -0.1) is 0 Å². The van der Waals surface area contributed by atoms with Crippen LogP contribution in [0.4, 0.5) is 22.0 Å². The zero-order valence-electron chi connectivity index (χ0n) is 10.5. The molecule has 1 aromatic rings. The molecule has 0 aromatic carbocycles. The van der Waals surface area contributed by atoms with Gasteiger partial charge in [0, 0.05) is 7.11 Å². The second-order valence-corrected chi connectivity index (χ2v) is 3.67. The van der Waals surface area contributed by atoms with E-state index in [0.717, 1.165) is 6.33 Å². The minimum absolute atomic E-state index is 0.213. The molecule has 0 aliphatic carbocycles. The lowest BCUT2D eigenvalue weighted by Crippen LogP contribution is -2.35. The standard InChI is InChI=1S/C10H13F5N2O3/c1-18-2-3-19-6-20-4-7-8(17-5-16-7)9(11,12)10(13,14)15/h5H,2-4,6H2,1H3,(H,16,17). The monoisotopic (exact) mass is 304 g/mol. The molecule has 0 fully saturated rings. The van der Waals surface area contributed by atoms with Crippen molar-refractivity contribution in [2.45, 2.75) is 18.7 Å². The fourth-order valence-corrected chi connectivity index (χ4v) is 1.24. The third-order valence-electron chi connectivity index (χ3n) is 2.22. The number of rotatable bonds is 8. The Balaban J connectivity index is 2.55. The zero-order chi connectivity index (χ0) is 15.2. The molecular formula is C10H13F5N2O3. The molecule has 0 radical (unpaired) electrons. The second kappa shape index (κ2) is 6.95. The van der Waals surface area contributed by atoms with Crippen LogP contribution in [0.1, 0.15) is 11.4 Å². The van der Waals surface area contributed by atoms with Gasteiger partial charge in [0.2, 0.25) is 0 Å². The smallest absolute Gasteiger partial charge is 0.382 e. The Kier molecular flexibility index (Phi) is 5.84. The van der Waals surface area contributed by atoms with Crippen LogP contribution in [-0.4, -0.2) is 43.3 Å².